The second-order valence-electron chi connectivity index (χ2n) is 9.76. The van der Waals surface area contributed by atoms with Gasteiger partial charge in [0.25, 0.3) is 0 Å². The zero-order valence-corrected chi connectivity index (χ0v) is 21.5. The van der Waals surface area contributed by atoms with Crippen molar-refractivity contribution in [3.8, 4) is 11.5 Å². The molecule has 2 amide bonds. The molecule has 2 aromatic rings. The second-order valence-corrected chi connectivity index (χ2v) is 10.6. The van der Waals surface area contributed by atoms with Crippen molar-refractivity contribution >= 4 is 22.0 Å². The molecule has 3 saturated heterocycles. The van der Waals surface area contributed by atoms with Crippen molar-refractivity contribution in [1.82, 2.24) is 29.9 Å². The fourth-order valence-electron chi connectivity index (χ4n) is 5.40. The molecule has 3 aliphatic heterocycles. The van der Waals surface area contributed by atoms with Crippen molar-refractivity contribution in [3.05, 3.63) is 52.4 Å². The third-order valence-corrected chi connectivity index (χ3v) is 8.03. The van der Waals surface area contributed by atoms with Gasteiger partial charge < -0.3 is 19.0 Å². The zero-order valence-electron chi connectivity index (χ0n) is 19.9. The SMILES string of the molecule is O=C1N(Cc2ccc(-c3nnc(C(F)(F)F)o3)cn2)C2C=C(F)C(Br)=CC2N1C1CCCN(C2COC2)C1. The number of allylic oxidation sites excluding steroid dienone is 2. The molecule has 0 saturated carbocycles. The van der Waals surface area contributed by atoms with Gasteiger partial charge in [-0.15, -0.1) is 10.2 Å². The van der Waals surface area contributed by atoms with Crippen LogP contribution >= 0.6 is 15.9 Å². The molecule has 14 heteroatoms. The fourth-order valence-corrected chi connectivity index (χ4v) is 5.80. The van der Waals surface area contributed by atoms with Crippen LogP contribution in [0.15, 0.2) is 45.2 Å². The first-order chi connectivity index (χ1) is 18.2. The number of pyridine rings is 1. The summed E-state index contributed by atoms with van der Waals surface area (Å²) in [6.07, 6.45) is 1.55. The van der Waals surface area contributed by atoms with Gasteiger partial charge in [0.2, 0.25) is 5.89 Å². The molecule has 6 rings (SSSR count). The molecule has 0 spiro atoms. The Balaban J connectivity index is 1.22. The Hall–Kier alpha value is -2.84. The maximum Gasteiger partial charge on any atom is 0.470 e. The Morgan fingerprint density at radius 3 is 2.58 bits per heavy atom. The minimum atomic E-state index is -4.75. The van der Waals surface area contributed by atoms with Gasteiger partial charge in [0, 0.05) is 18.8 Å². The molecule has 0 aromatic carbocycles. The smallest absolute Gasteiger partial charge is 0.413 e. The van der Waals surface area contributed by atoms with E-state index >= 15 is 0 Å². The number of hydrogen-bond donors (Lipinski definition) is 0. The zero-order chi connectivity index (χ0) is 26.6. The first-order valence-electron chi connectivity index (χ1n) is 12.2. The van der Waals surface area contributed by atoms with E-state index < -0.39 is 23.9 Å². The molecule has 202 valence electrons. The summed E-state index contributed by atoms with van der Waals surface area (Å²) in [6.45, 7) is 3.17. The molecule has 38 heavy (non-hydrogen) atoms. The summed E-state index contributed by atoms with van der Waals surface area (Å²) in [5.74, 6) is -2.20. The highest BCUT2D eigenvalue weighted by Gasteiger charge is 2.49. The van der Waals surface area contributed by atoms with Gasteiger partial charge >= 0.3 is 18.1 Å². The molecule has 4 aliphatic rings. The van der Waals surface area contributed by atoms with Crippen molar-refractivity contribution in [2.45, 2.75) is 49.7 Å². The molecular weight excluding hydrogens is 576 g/mol. The van der Waals surface area contributed by atoms with Crippen LogP contribution < -0.4 is 0 Å². The lowest BCUT2D eigenvalue weighted by molar-refractivity contribution is -0.156. The Labute approximate surface area is 223 Å². The second kappa shape index (κ2) is 9.72. The average Bonchev–Trinajstić information content (AvgIpc) is 3.44. The monoisotopic (exact) mass is 598 g/mol. The van der Waals surface area contributed by atoms with E-state index in [4.69, 9.17) is 9.15 Å². The number of nitrogens with zero attached hydrogens (tertiary/aromatic N) is 6. The highest BCUT2D eigenvalue weighted by atomic mass is 79.9. The predicted molar refractivity (Wildman–Crippen MR) is 128 cm³/mol. The number of halogens is 5. The van der Waals surface area contributed by atoms with E-state index in [0.29, 0.717) is 29.4 Å². The van der Waals surface area contributed by atoms with E-state index in [2.05, 4.69) is 36.0 Å². The van der Waals surface area contributed by atoms with Crippen LogP contribution in [0.2, 0.25) is 0 Å². The Morgan fingerprint density at radius 1 is 1.11 bits per heavy atom. The lowest BCUT2D eigenvalue weighted by Crippen LogP contribution is -2.58. The Bertz CT molecular complexity index is 1280. The molecule has 2 aromatic heterocycles. The molecule has 0 N–H and O–H groups in total. The summed E-state index contributed by atoms with van der Waals surface area (Å²) in [4.78, 5) is 23.9. The third kappa shape index (κ3) is 4.62. The van der Waals surface area contributed by atoms with Crippen LogP contribution in [0.1, 0.15) is 24.4 Å². The highest BCUT2D eigenvalue weighted by molar-refractivity contribution is 9.11. The minimum Gasteiger partial charge on any atom is -0.413 e. The van der Waals surface area contributed by atoms with E-state index in [1.54, 1.807) is 17.0 Å². The molecular formula is C24H23BrF4N6O3. The predicted octanol–water partition coefficient (Wildman–Crippen LogP) is 4.13. The molecule has 5 heterocycles. The number of carbonyl (C=O) groups excluding carboxylic acids is 1. The fraction of sp³-hybridized carbons (Fsp3) is 0.500. The lowest BCUT2D eigenvalue weighted by atomic mass is 9.97. The van der Waals surface area contributed by atoms with Crippen molar-refractivity contribution in [2.75, 3.05) is 26.3 Å². The summed E-state index contributed by atoms with van der Waals surface area (Å²) in [6, 6.07) is 2.32. The van der Waals surface area contributed by atoms with E-state index in [1.807, 2.05) is 4.90 Å². The van der Waals surface area contributed by atoms with Gasteiger partial charge in [0.05, 0.1) is 53.6 Å². The lowest BCUT2D eigenvalue weighted by Gasteiger charge is -2.45. The molecule has 0 radical (unpaired) electrons. The van der Waals surface area contributed by atoms with Crippen LogP contribution in [0.25, 0.3) is 11.5 Å². The number of alkyl halides is 3. The van der Waals surface area contributed by atoms with E-state index in [9.17, 15) is 22.4 Å². The number of fused-ring (bicyclic) bond motifs is 1. The topological polar surface area (TPSA) is 87.8 Å². The molecule has 3 unspecified atom stereocenters. The summed E-state index contributed by atoms with van der Waals surface area (Å²) in [5.41, 5.74) is 0.694. The standard InChI is InChI=1S/C24H23BrF4N6O3/c25-17-6-20-19(7-18(17)26)34(23(36)35(20)15-2-1-5-33(10-15)16-11-37-12-16)9-14-4-3-13(8-30-14)21-31-32-22(38-21)24(27,28)29/h3-4,6-8,15-16,19-20H,1-2,5,9-12H2. The minimum absolute atomic E-state index is 0.0313. The van der Waals surface area contributed by atoms with Crippen LogP contribution in [0.5, 0.6) is 0 Å². The number of likely N-dealkylation sites (tertiary alicyclic amines) is 1. The molecule has 0 bridgehead atoms. The number of amides is 2. The summed E-state index contributed by atoms with van der Waals surface area (Å²) in [5, 5.41) is 6.46. The van der Waals surface area contributed by atoms with Crippen LogP contribution in [0, 0.1) is 0 Å². The van der Waals surface area contributed by atoms with Gasteiger partial charge in [-0.1, -0.05) is 0 Å². The number of hydrogen-bond acceptors (Lipinski definition) is 7. The maximum atomic E-state index is 14.6. The Morgan fingerprint density at radius 2 is 1.92 bits per heavy atom. The third-order valence-electron chi connectivity index (χ3n) is 7.39. The van der Waals surface area contributed by atoms with Crippen LogP contribution in [-0.4, -0.2) is 86.4 Å². The number of piperidine rings is 1. The molecule has 3 atom stereocenters. The first kappa shape index (κ1) is 25.4. The van der Waals surface area contributed by atoms with Gasteiger partial charge in [0.15, 0.2) is 0 Å². The van der Waals surface area contributed by atoms with Gasteiger partial charge in [0.1, 0.15) is 5.83 Å². The van der Waals surface area contributed by atoms with Gasteiger partial charge in [-0.2, -0.15) is 13.2 Å². The van der Waals surface area contributed by atoms with Gasteiger partial charge in [-0.05, 0) is 59.6 Å². The van der Waals surface area contributed by atoms with E-state index in [0.717, 1.165) is 25.9 Å². The van der Waals surface area contributed by atoms with Crippen molar-refractivity contribution < 1.29 is 31.5 Å². The van der Waals surface area contributed by atoms with Crippen LogP contribution in [-0.2, 0) is 17.5 Å². The number of urea groups is 1. The maximum absolute atomic E-state index is 14.6. The van der Waals surface area contributed by atoms with Gasteiger partial charge in [-0.3, -0.25) is 9.88 Å². The van der Waals surface area contributed by atoms with E-state index in [-0.39, 0.29) is 36.1 Å². The average molecular weight is 599 g/mol. The van der Waals surface area contributed by atoms with E-state index in [1.165, 1.54) is 18.3 Å². The molecule has 1 aliphatic carbocycles. The summed E-state index contributed by atoms with van der Waals surface area (Å²) < 4.78 is 63.3. The quantitative estimate of drug-likeness (QED) is 0.478. The normalized spacial score (nSPS) is 26.8. The van der Waals surface area contributed by atoms with Crippen molar-refractivity contribution in [3.63, 3.8) is 0 Å². The van der Waals surface area contributed by atoms with Crippen LogP contribution in [0.4, 0.5) is 22.4 Å². The van der Waals surface area contributed by atoms with Crippen LogP contribution in [0.3, 0.4) is 0 Å². The molecule has 3 fully saturated rings. The summed E-state index contributed by atoms with van der Waals surface area (Å²) in [7, 11) is 0. The molecule has 9 nitrogen and oxygen atoms in total. The number of carbonyl (C=O) groups is 1. The summed E-state index contributed by atoms with van der Waals surface area (Å²) >= 11 is 3.28. The highest BCUT2D eigenvalue weighted by Crippen LogP contribution is 2.38. The van der Waals surface area contributed by atoms with Crippen molar-refractivity contribution in [2.24, 2.45) is 0 Å². The number of rotatable bonds is 5. The van der Waals surface area contributed by atoms with Crippen molar-refractivity contribution in [1.29, 1.82) is 0 Å². The number of ether oxygens (including phenoxy) is 1. The largest absolute Gasteiger partial charge is 0.470 e. The Kier molecular flexibility index (Phi) is 6.51. The van der Waals surface area contributed by atoms with Gasteiger partial charge in [-0.25, -0.2) is 9.18 Å². The first-order valence-corrected chi connectivity index (χ1v) is 13.0. The number of aromatic nitrogens is 3.